The van der Waals surface area contributed by atoms with Crippen molar-refractivity contribution in [3.05, 3.63) is 59.2 Å². The van der Waals surface area contributed by atoms with Crippen LogP contribution in [0.25, 0.3) is 0 Å². The monoisotopic (exact) mass is 306 g/mol. The van der Waals surface area contributed by atoms with Crippen LogP contribution in [0.1, 0.15) is 23.1 Å². The summed E-state index contributed by atoms with van der Waals surface area (Å²) in [6, 6.07) is 10.4. The molecule has 0 bridgehead atoms. The average molecular weight is 306 g/mol. The van der Waals surface area contributed by atoms with E-state index in [2.05, 4.69) is 4.90 Å². The van der Waals surface area contributed by atoms with E-state index in [1.54, 1.807) is 12.1 Å². The lowest BCUT2D eigenvalue weighted by Crippen LogP contribution is -2.28. The highest BCUT2D eigenvalue weighted by atomic mass is 19.4. The summed E-state index contributed by atoms with van der Waals surface area (Å²) in [6.07, 6.45) is -2.67. The van der Waals surface area contributed by atoms with E-state index < -0.39 is 11.7 Å². The van der Waals surface area contributed by atoms with Crippen LogP contribution >= 0.6 is 0 Å². The minimum Gasteiger partial charge on any atom is -0.367 e. The molecular formula is C17H15F3NO. The fourth-order valence-electron chi connectivity index (χ4n) is 2.85. The molecule has 0 N–H and O–H groups in total. The molecule has 1 heterocycles. The van der Waals surface area contributed by atoms with E-state index in [-0.39, 0.29) is 5.75 Å². The van der Waals surface area contributed by atoms with E-state index in [9.17, 15) is 18.3 Å². The Balaban J connectivity index is 1.82. The second-order valence-corrected chi connectivity index (χ2v) is 5.47. The van der Waals surface area contributed by atoms with Crippen molar-refractivity contribution in [2.24, 2.45) is 0 Å². The van der Waals surface area contributed by atoms with Crippen molar-refractivity contribution in [1.29, 1.82) is 0 Å². The lowest BCUT2D eigenvalue weighted by molar-refractivity contribution is -0.137. The van der Waals surface area contributed by atoms with E-state index in [0.717, 1.165) is 48.3 Å². The molecule has 0 saturated carbocycles. The molecule has 0 atom stereocenters. The fraction of sp³-hybridized carbons (Fsp3) is 0.294. The Kier molecular flexibility index (Phi) is 3.72. The maximum Gasteiger partial charge on any atom is 0.416 e. The molecule has 2 aromatic carbocycles. The third-order valence-electron chi connectivity index (χ3n) is 3.96. The van der Waals surface area contributed by atoms with Gasteiger partial charge in [0.2, 0.25) is 0 Å². The zero-order valence-corrected chi connectivity index (χ0v) is 11.9. The Morgan fingerprint density at radius 1 is 1.05 bits per heavy atom. The maximum absolute atomic E-state index is 12.6. The largest absolute Gasteiger partial charge is 0.416 e. The highest BCUT2D eigenvalue weighted by Crippen LogP contribution is 2.35. The van der Waals surface area contributed by atoms with Crippen LogP contribution in [0.4, 0.5) is 18.9 Å². The molecule has 0 spiro atoms. The van der Waals surface area contributed by atoms with Crippen molar-refractivity contribution >= 4 is 5.69 Å². The molecule has 0 aliphatic carbocycles. The molecule has 3 rings (SSSR count). The summed E-state index contributed by atoms with van der Waals surface area (Å²) in [7, 11) is 0. The predicted octanol–water partition coefficient (Wildman–Crippen LogP) is 4.80. The lowest BCUT2D eigenvalue weighted by atomic mass is 10.00. The van der Waals surface area contributed by atoms with Gasteiger partial charge in [0, 0.05) is 24.3 Å². The number of anilines is 1. The average Bonchev–Trinajstić information content (AvgIpc) is 2.48. The fourth-order valence-corrected chi connectivity index (χ4v) is 2.85. The van der Waals surface area contributed by atoms with Crippen LogP contribution in [0.2, 0.25) is 0 Å². The quantitative estimate of drug-likeness (QED) is 0.781. The number of halogens is 3. The van der Waals surface area contributed by atoms with Gasteiger partial charge in [-0.25, -0.2) is 0 Å². The molecule has 5 heteroatoms. The van der Waals surface area contributed by atoms with Crippen LogP contribution in [-0.4, -0.2) is 6.54 Å². The van der Waals surface area contributed by atoms with Crippen molar-refractivity contribution in [3.8, 4) is 5.75 Å². The van der Waals surface area contributed by atoms with Crippen molar-refractivity contribution in [2.45, 2.75) is 25.6 Å². The normalized spacial score (nSPS) is 14.8. The molecule has 0 fully saturated rings. The van der Waals surface area contributed by atoms with Crippen LogP contribution in [0.15, 0.2) is 42.5 Å². The maximum atomic E-state index is 12.6. The van der Waals surface area contributed by atoms with Gasteiger partial charge in [0.1, 0.15) is 0 Å². The summed E-state index contributed by atoms with van der Waals surface area (Å²) in [4.78, 5) is 2.06. The first-order valence-corrected chi connectivity index (χ1v) is 7.15. The number of benzene rings is 2. The first kappa shape index (κ1) is 14.8. The topological polar surface area (TPSA) is 23.1 Å². The van der Waals surface area contributed by atoms with Gasteiger partial charge >= 0.3 is 6.18 Å². The zero-order chi connectivity index (χ0) is 15.7. The molecular weight excluding hydrogens is 291 g/mol. The summed E-state index contributed by atoms with van der Waals surface area (Å²) in [5.41, 5.74) is 1.87. The van der Waals surface area contributed by atoms with E-state index in [1.165, 1.54) is 12.1 Å². The Morgan fingerprint density at radius 2 is 1.77 bits per heavy atom. The van der Waals surface area contributed by atoms with Gasteiger partial charge in [0.05, 0.1) is 5.56 Å². The van der Waals surface area contributed by atoms with Crippen molar-refractivity contribution in [2.75, 3.05) is 11.4 Å². The van der Waals surface area contributed by atoms with Gasteiger partial charge in [-0.1, -0.05) is 18.2 Å². The number of nitrogens with zero attached hydrogens (tertiary/aromatic N) is 1. The molecule has 2 aromatic rings. The number of fused-ring (bicyclic) bond motifs is 1. The molecule has 2 nitrogen and oxygen atoms in total. The molecule has 115 valence electrons. The second-order valence-electron chi connectivity index (χ2n) is 5.47. The third kappa shape index (κ3) is 2.89. The molecule has 0 saturated heterocycles. The van der Waals surface area contributed by atoms with Crippen molar-refractivity contribution < 1.29 is 18.3 Å². The molecule has 22 heavy (non-hydrogen) atoms. The van der Waals surface area contributed by atoms with Gasteiger partial charge in [-0.15, -0.1) is 0 Å². The molecule has 0 unspecified atom stereocenters. The molecule has 1 aliphatic rings. The van der Waals surface area contributed by atoms with Gasteiger partial charge in [-0.05, 0) is 42.7 Å². The van der Waals surface area contributed by atoms with Crippen LogP contribution in [0, 0.1) is 0 Å². The Bertz CT molecular complexity index is 665. The lowest BCUT2D eigenvalue weighted by Gasteiger charge is -2.31. The van der Waals surface area contributed by atoms with Gasteiger partial charge in [0.25, 0.3) is 0 Å². The molecule has 0 amide bonds. The second kappa shape index (κ2) is 5.55. The van der Waals surface area contributed by atoms with Crippen LogP contribution in [-0.2, 0) is 24.2 Å². The Hall–Kier alpha value is -2.17. The minimum absolute atomic E-state index is 0.0367. The van der Waals surface area contributed by atoms with E-state index in [4.69, 9.17) is 0 Å². The number of hydrogen-bond acceptors (Lipinski definition) is 1. The molecule has 1 radical (unpaired) electrons. The Labute approximate surface area is 126 Å². The van der Waals surface area contributed by atoms with Gasteiger partial charge < -0.3 is 4.90 Å². The SMILES string of the molecule is [O]c1cccc2c1CCCN2Cc1ccc(C(F)(F)F)cc1. The standard InChI is InChI=1S/C17H15F3NO/c18-17(19,20)13-8-6-12(7-9-13)11-21-10-2-3-14-15(21)4-1-5-16(14)22/h1,4-9H,2-3,10-11H2. The van der Waals surface area contributed by atoms with Gasteiger partial charge in [-0.2, -0.15) is 13.2 Å². The van der Waals surface area contributed by atoms with Crippen molar-refractivity contribution in [1.82, 2.24) is 0 Å². The van der Waals surface area contributed by atoms with Gasteiger partial charge in [-0.3, -0.25) is 5.11 Å². The third-order valence-corrected chi connectivity index (χ3v) is 3.96. The first-order chi connectivity index (χ1) is 10.4. The molecule has 1 aliphatic heterocycles. The summed E-state index contributed by atoms with van der Waals surface area (Å²) < 4.78 is 37.7. The van der Waals surface area contributed by atoms with Crippen LogP contribution in [0.3, 0.4) is 0 Å². The van der Waals surface area contributed by atoms with Crippen molar-refractivity contribution in [3.63, 3.8) is 0 Å². The van der Waals surface area contributed by atoms with Crippen LogP contribution < -0.4 is 4.90 Å². The molecule has 0 aromatic heterocycles. The summed E-state index contributed by atoms with van der Waals surface area (Å²) in [5.74, 6) is 0.0367. The number of rotatable bonds is 2. The minimum atomic E-state index is -4.31. The summed E-state index contributed by atoms with van der Waals surface area (Å²) in [5, 5.41) is 11.9. The van der Waals surface area contributed by atoms with Gasteiger partial charge in [0.15, 0.2) is 5.75 Å². The van der Waals surface area contributed by atoms with E-state index in [1.807, 2.05) is 6.07 Å². The predicted molar refractivity (Wildman–Crippen MR) is 77.4 cm³/mol. The zero-order valence-electron chi connectivity index (χ0n) is 11.9. The Morgan fingerprint density at radius 3 is 2.45 bits per heavy atom. The van der Waals surface area contributed by atoms with Crippen LogP contribution in [0.5, 0.6) is 5.75 Å². The highest BCUT2D eigenvalue weighted by Gasteiger charge is 2.30. The highest BCUT2D eigenvalue weighted by molar-refractivity contribution is 5.60. The first-order valence-electron chi connectivity index (χ1n) is 7.15. The smallest absolute Gasteiger partial charge is 0.367 e. The number of alkyl halides is 3. The number of hydrogen-bond donors (Lipinski definition) is 0. The van der Waals surface area contributed by atoms with E-state index in [0.29, 0.717) is 6.54 Å². The summed E-state index contributed by atoms with van der Waals surface area (Å²) in [6.45, 7) is 1.31. The van der Waals surface area contributed by atoms with E-state index >= 15 is 0 Å². The summed E-state index contributed by atoms with van der Waals surface area (Å²) >= 11 is 0.